The SMILES string of the molecule is Cc1cc(C)cc(NC(=O)c2cn3c(C)cccc3n2)c1. The van der Waals surface area contributed by atoms with Gasteiger partial charge >= 0.3 is 0 Å². The van der Waals surface area contributed by atoms with Gasteiger partial charge in [-0.05, 0) is 56.2 Å². The third-order valence-electron chi connectivity index (χ3n) is 3.41. The first-order valence-corrected chi connectivity index (χ1v) is 6.87. The van der Waals surface area contributed by atoms with Crippen molar-refractivity contribution in [1.82, 2.24) is 9.38 Å². The van der Waals surface area contributed by atoms with Crippen molar-refractivity contribution in [2.24, 2.45) is 0 Å². The Morgan fingerprint density at radius 1 is 1.10 bits per heavy atom. The Balaban J connectivity index is 1.91. The van der Waals surface area contributed by atoms with Crippen LogP contribution in [-0.2, 0) is 0 Å². The molecular weight excluding hydrogens is 262 g/mol. The normalized spacial score (nSPS) is 10.8. The lowest BCUT2D eigenvalue weighted by Crippen LogP contribution is -2.12. The second-order valence-corrected chi connectivity index (χ2v) is 5.35. The van der Waals surface area contributed by atoms with Crippen molar-refractivity contribution in [2.45, 2.75) is 20.8 Å². The zero-order chi connectivity index (χ0) is 15.0. The molecular formula is C17H17N3O. The maximum Gasteiger partial charge on any atom is 0.275 e. The van der Waals surface area contributed by atoms with E-state index < -0.39 is 0 Å². The van der Waals surface area contributed by atoms with E-state index in [-0.39, 0.29) is 5.91 Å². The van der Waals surface area contributed by atoms with Crippen LogP contribution in [-0.4, -0.2) is 15.3 Å². The number of anilines is 1. The minimum Gasteiger partial charge on any atom is -0.321 e. The highest BCUT2D eigenvalue weighted by atomic mass is 16.1. The molecule has 2 heterocycles. The van der Waals surface area contributed by atoms with E-state index in [1.54, 1.807) is 6.20 Å². The van der Waals surface area contributed by atoms with Crippen LogP contribution in [0.15, 0.2) is 42.6 Å². The average molecular weight is 279 g/mol. The summed E-state index contributed by atoms with van der Waals surface area (Å²) in [6, 6.07) is 11.8. The van der Waals surface area contributed by atoms with Crippen LogP contribution < -0.4 is 5.32 Å². The van der Waals surface area contributed by atoms with Crippen molar-refractivity contribution < 1.29 is 4.79 Å². The summed E-state index contributed by atoms with van der Waals surface area (Å²) >= 11 is 0. The number of aromatic nitrogens is 2. The largest absolute Gasteiger partial charge is 0.321 e. The summed E-state index contributed by atoms with van der Waals surface area (Å²) < 4.78 is 1.91. The third-order valence-corrected chi connectivity index (χ3v) is 3.41. The molecule has 0 aliphatic heterocycles. The fourth-order valence-electron chi connectivity index (χ4n) is 2.50. The molecule has 0 aliphatic rings. The Kier molecular flexibility index (Phi) is 3.22. The van der Waals surface area contributed by atoms with Crippen LogP contribution in [0.3, 0.4) is 0 Å². The maximum absolute atomic E-state index is 12.3. The molecule has 1 amide bonds. The van der Waals surface area contributed by atoms with Gasteiger partial charge in [-0.3, -0.25) is 4.79 Å². The molecule has 3 rings (SSSR count). The summed E-state index contributed by atoms with van der Waals surface area (Å²) in [5.74, 6) is -0.192. The van der Waals surface area contributed by atoms with Crippen LogP contribution in [0.2, 0.25) is 0 Å². The molecule has 0 aliphatic carbocycles. The Labute approximate surface area is 123 Å². The first-order valence-electron chi connectivity index (χ1n) is 6.87. The van der Waals surface area contributed by atoms with Gasteiger partial charge in [0.25, 0.3) is 5.91 Å². The van der Waals surface area contributed by atoms with Gasteiger partial charge in [-0.15, -0.1) is 0 Å². The summed E-state index contributed by atoms with van der Waals surface area (Å²) in [4.78, 5) is 16.7. The number of nitrogens with zero attached hydrogens (tertiary/aromatic N) is 2. The summed E-state index contributed by atoms with van der Waals surface area (Å²) in [5.41, 5.74) is 5.29. The minimum absolute atomic E-state index is 0.192. The summed E-state index contributed by atoms with van der Waals surface area (Å²) in [6.45, 7) is 6.01. The molecule has 4 nitrogen and oxygen atoms in total. The molecule has 0 saturated carbocycles. The predicted octanol–water partition coefficient (Wildman–Crippen LogP) is 3.51. The molecule has 2 aromatic heterocycles. The quantitative estimate of drug-likeness (QED) is 0.780. The monoisotopic (exact) mass is 279 g/mol. The van der Waals surface area contributed by atoms with Gasteiger partial charge in [0, 0.05) is 17.6 Å². The molecule has 0 atom stereocenters. The van der Waals surface area contributed by atoms with Crippen molar-refractivity contribution in [1.29, 1.82) is 0 Å². The van der Waals surface area contributed by atoms with Crippen molar-refractivity contribution >= 4 is 17.2 Å². The van der Waals surface area contributed by atoms with Gasteiger partial charge in [-0.25, -0.2) is 4.98 Å². The molecule has 0 spiro atoms. The number of benzene rings is 1. The molecule has 0 bridgehead atoms. The molecule has 21 heavy (non-hydrogen) atoms. The number of nitrogens with one attached hydrogen (secondary N) is 1. The number of pyridine rings is 1. The van der Waals surface area contributed by atoms with E-state index in [0.29, 0.717) is 5.69 Å². The molecule has 3 aromatic rings. The molecule has 4 heteroatoms. The predicted molar refractivity (Wildman–Crippen MR) is 83.8 cm³/mol. The Hall–Kier alpha value is -2.62. The molecule has 0 fully saturated rings. The molecule has 1 N–H and O–H groups in total. The number of imidazole rings is 1. The number of carbonyl (C=O) groups is 1. The molecule has 0 unspecified atom stereocenters. The first kappa shape index (κ1) is 13.4. The summed E-state index contributed by atoms with van der Waals surface area (Å²) in [6.07, 6.45) is 1.77. The third kappa shape index (κ3) is 2.65. The number of carbonyl (C=O) groups excluding carboxylic acids is 1. The number of amides is 1. The molecule has 106 valence electrons. The van der Waals surface area contributed by atoms with E-state index in [4.69, 9.17) is 0 Å². The second kappa shape index (κ2) is 5.05. The lowest BCUT2D eigenvalue weighted by Gasteiger charge is -2.05. The smallest absolute Gasteiger partial charge is 0.275 e. The number of aryl methyl sites for hydroxylation is 3. The van der Waals surface area contributed by atoms with E-state index in [1.165, 1.54) is 0 Å². The summed E-state index contributed by atoms with van der Waals surface area (Å²) in [5, 5.41) is 2.91. The van der Waals surface area contributed by atoms with Crippen LogP contribution in [0.1, 0.15) is 27.3 Å². The van der Waals surface area contributed by atoms with Gasteiger partial charge < -0.3 is 9.72 Å². The van der Waals surface area contributed by atoms with E-state index >= 15 is 0 Å². The van der Waals surface area contributed by atoms with Crippen LogP contribution in [0, 0.1) is 20.8 Å². The highest BCUT2D eigenvalue weighted by molar-refractivity contribution is 6.03. The van der Waals surface area contributed by atoms with Gasteiger partial charge in [-0.1, -0.05) is 12.1 Å². The number of hydrogen-bond acceptors (Lipinski definition) is 2. The van der Waals surface area contributed by atoms with E-state index in [2.05, 4.69) is 16.4 Å². The molecule has 0 radical (unpaired) electrons. The van der Waals surface area contributed by atoms with Crippen LogP contribution >= 0.6 is 0 Å². The first-order chi connectivity index (χ1) is 10.0. The van der Waals surface area contributed by atoms with Gasteiger partial charge in [0.2, 0.25) is 0 Å². The van der Waals surface area contributed by atoms with Crippen LogP contribution in [0.4, 0.5) is 5.69 Å². The van der Waals surface area contributed by atoms with E-state index in [9.17, 15) is 4.79 Å². The van der Waals surface area contributed by atoms with Crippen molar-refractivity contribution in [2.75, 3.05) is 5.32 Å². The van der Waals surface area contributed by atoms with Crippen molar-refractivity contribution in [3.8, 4) is 0 Å². The topological polar surface area (TPSA) is 46.4 Å². The number of rotatable bonds is 2. The Morgan fingerprint density at radius 2 is 1.81 bits per heavy atom. The fraction of sp³-hybridized carbons (Fsp3) is 0.176. The number of hydrogen-bond donors (Lipinski definition) is 1. The lowest BCUT2D eigenvalue weighted by molar-refractivity contribution is 0.102. The highest BCUT2D eigenvalue weighted by Crippen LogP contribution is 2.15. The van der Waals surface area contributed by atoms with Crippen LogP contribution in [0.25, 0.3) is 5.65 Å². The van der Waals surface area contributed by atoms with E-state index in [1.807, 2.05) is 55.5 Å². The van der Waals surface area contributed by atoms with Crippen LogP contribution in [0.5, 0.6) is 0 Å². The van der Waals surface area contributed by atoms with Gasteiger partial charge in [0.1, 0.15) is 11.3 Å². The fourth-order valence-corrected chi connectivity index (χ4v) is 2.50. The Bertz CT molecular complexity index is 813. The average Bonchev–Trinajstić information content (AvgIpc) is 2.83. The number of fused-ring (bicyclic) bond motifs is 1. The van der Waals surface area contributed by atoms with Gasteiger partial charge in [-0.2, -0.15) is 0 Å². The summed E-state index contributed by atoms with van der Waals surface area (Å²) in [7, 11) is 0. The lowest BCUT2D eigenvalue weighted by atomic mass is 10.1. The highest BCUT2D eigenvalue weighted by Gasteiger charge is 2.12. The van der Waals surface area contributed by atoms with Crippen molar-refractivity contribution in [3.05, 3.63) is 65.1 Å². The molecule has 0 saturated heterocycles. The maximum atomic E-state index is 12.3. The minimum atomic E-state index is -0.192. The zero-order valence-electron chi connectivity index (χ0n) is 12.3. The standard InChI is InChI=1S/C17H17N3O/c1-11-7-12(2)9-14(8-11)18-17(21)15-10-20-13(3)5-4-6-16(20)19-15/h4-10H,1-3H3,(H,18,21). The molecule has 1 aromatic carbocycles. The van der Waals surface area contributed by atoms with Crippen molar-refractivity contribution in [3.63, 3.8) is 0 Å². The van der Waals surface area contributed by atoms with Gasteiger partial charge in [0.15, 0.2) is 0 Å². The van der Waals surface area contributed by atoms with E-state index in [0.717, 1.165) is 28.2 Å². The van der Waals surface area contributed by atoms with Gasteiger partial charge in [0.05, 0.1) is 0 Å². The zero-order valence-corrected chi connectivity index (χ0v) is 12.3. The Morgan fingerprint density at radius 3 is 2.48 bits per heavy atom. The second-order valence-electron chi connectivity index (χ2n) is 5.35.